The Bertz CT molecular complexity index is 170. The van der Waals surface area contributed by atoms with Gasteiger partial charge in [-0.15, -0.1) is 0 Å². The summed E-state index contributed by atoms with van der Waals surface area (Å²) in [4.78, 5) is 3.79. The molecule has 0 aliphatic heterocycles. The van der Waals surface area contributed by atoms with Crippen LogP contribution in [0.2, 0.25) is 0 Å². The fourth-order valence-corrected chi connectivity index (χ4v) is 0.634. The second kappa shape index (κ2) is 3.37. The molecule has 0 spiro atoms. The van der Waals surface area contributed by atoms with Gasteiger partial charge in [0.2, 0.25) is 0 Å². The lowest BCUT2D eigenvalue weighted by Crippen LogP contribution is -2.21. The van der Waals surface area contributed by atoms with Crippen LogP contribution in [0.5, 0.6) is 0 Å². The lowest BCUT2D eigenvalue weighted by Gasteiger charge is -2.03. The van der Waals surface area contributed by atoms with Gasteiger partial charge in [-0.3, -0.25) is 0 Å². The molecule has 0 saturated carbocycles. The van der Waals surface area contributed by atoms with E-state index in [1.165, 1.54) is 6.39 Å². The van der Waals surface area contributed by atoms with Gasteiger partial charge >= 0.3 is 0 Å². The molecule has 0 radical (unpaired) electrons. The Morgan fingerprint density at radius 1 is 1.70 bits per heavy atom. The average Bonchev–Trinajstić information content (AvgIpc) is 2.34. The molecule has 3 nitrogen and oxygen atoms in total. The Balaban J connectivity index is 2.28. The van der Waals surface area contributed by atoms with Crippen LogP contribution in [0, 0.1) is 0 Å². The molecule has 0 bridgehead atoms. The number of aromatic nitrogens is 1. The summed E-state index contributed by atoms with van der Waals surface area (Å²) in [6.07, 6.45) is 3.16. The van der Waals surface area contributed by atoms with Crippen LogP contribution in [0.4, 0.5) is 0 Å². The molecule has 0 amide bonds. The summed E-state index contributed by atoms with van der Waals surface area (Å²) in [5, 5.41) is 3.21. The van der Waals surface area contributed by atoms with E-state index in [-0.39, 0.29) is 0 Å². The van der Waals surface area contributed by atoms with Gasteiger partial charge in [-0.05, 0) is 0 Å². The number of rotatable bonds is 3. The number of hydrogen-bond donors (Lipinski definition) is 1. The monoisotopic (exact) mass is 140 g/mol. The fraction of sp³-hybridized carbons (Fsp3) is 0.571. The number of nitrogens with zero attached hydrogens (tertiary/aromatic N) is 1. The Hall–Kier alpha value is -0.830. The minimum absolute atomic E-state index is 0.491. The Morgan fingerprint density at radius 2 is 2.50 bits per heavy atom. The first-order valence-electron chi connectivity index (χ1n) is 3.40. The van der Waals surface area contributed by atoms with Crippen LogP contribution >= 0.6 is 0 Å². The van der Waals surface area contributed by atoms with Crippen LogP contribution in [0.15, 0.2) is 17.0 Å². The normalized spacial score (nSPS) is 10.7. The first-order chi connectivity index (χ1) is 4.79. The Kier molecular flexibility index (Phi) is 2.45. The maximum Gasteiger partial charge on any atom is 0.180 e. The van der Waals surface area contributed by atoms with Crippen molar-refractivity contribution in [1.82, 2.24) is 10.3 Å². The van der Waals surface area contributed by atoms with Gasteiger partial charge in [0, 0.05) is 6.04 Å². The predicted molar refractivity (Wildman–Crippen MR) is 38.5 cm³/mol. The van der Waals surface area contributed by atoms with Crippen LogP contribution in [0.1, 0.15) is 19.6 Å². The van der Waals surface area contributed by atoms with Crippen molar-refractivity contribution in [3.63, 3.8) is 0 Å². The molecule has 0 fully saturated rings. The highest BCUT2D eigenvalue weighted by Crippen LogP contribution is 1.95. The summed E-state index contributed by atoms with van der Waals surface area (Å²) in [6.45, 7) is 4.95. The minimum Gasteiger partial charge on any atom is -0.447 e. The Morgan fingerprint density at radius 3 is 3.00 bits per heavy atom. The average molecular weight is 140 g/mol. The second-order valence-electron chi connectivity index (χ2n) is 2.50. The van der Waals surface area contributed by atoms with Crippen molar-refractivity contribution >= 4 is 0 Å². The third kappa shape index (κ3) is 2.19. The van der Waals surface area contributed by atoms with Gasteiger partial charge in [-0.1, -0.05) is 13.8 Å². The van der Waals surface area contributed by atoms with Crippen molar-refractivity contribution in [3.8, 4) is 0 Å². The van der Waals surface area contributed by atoms with Gasteiger partial charge in [0.05, 0.1) is 12.7 Å². The third-order valence-electron chi connectivity index (χ3n) is 1.17. The molecule has 1 heterocycles. The van der Waals surface area contributed by atoms with Gasteiger partial charge < -0.3 is 9.73 Å². The molecular weight excluding hydrogens is 128 g/mol. The largest absolute Gasteiger partial charge is 0.447 e. The summed E-state index contributed by atoms with van der Waals surface area (Å²) < 4.78 is 5.01. The van der Waals surface area contributed by atoms with Crippen molar-refractivity contribution in [2.45, 2.75) is 26.4 Å². The van der Waals surface area contributed by atoms with Crippen LogP contribution in [0.25, 0.3) is 0 Å². The van der Waals surface area contributed by atoms with Gasteiger partial charge in [-0.25, -0.2) is 4.98 Å². The zero-order valence-corrected chi connectivity index (χ0v) is 6.29. The predicted octanol–water partition coefficient (Wildman–Crippen LogP) is 1.17. The third-order valence-corrected chi connectivity index (χ3v) is 1.17. The fourth-order valence-electron chi connectivity index (χ4n) is 0.634. The first-order valence-corrected chi connectivity index (χ1v) is 3.40. The van der Waals surface area contributed by atoms with E-state index >= 15 is 0 Å². The smallest absolute Gasteiger partial charge is 0.180 e. The molecule has 3 heteroatoms. The van der Waals surface area contributed by atoms with Gasteiger partial charge in [0.15, 0.2) is 6.39 Å². The first kappa shape index (κ1) is 7.28. The molecule has 1 rings (SSSR count). The summed E-state index contributed by atoms with van der Waals surface area (Å²) in [7, 11) is 0. The zero-order valence-electron chi connectivity index (χ0n) is 6.29. The van der Waals surface area contributed by atoms with E-state index in [0.717, 1.165) is 12.3 Å². The molecule has 0 aliphatic rings. The van der Waals surface area contributed by atoms with E-state index in [0.29, 0.717) is 6.04 Å². The summed E-state index contributed by atoms with van der Waals surface area (Å²) in [5.41, 5.74) is 0. The SMILES string of the molecule is CC(C)NCc1cnco1. The molecule has 56 valence electrons. The molecule has 1 aromatic rings. The highest BCUT2D eigenvalue weighted by Gasteiger charge is 1.96. The lowest BCUT2D eigenvalue weighted by atomic mass is 10.4. The number of nitrogens with one attached hydrogen (secondary N) is 1. The van der Waals surface area contributed by atoms with Crippen LogP contribution in [-0.2, 0) is 6.54 Å². The molecule has 1 N–H and O–H groups in total. The van der Waals surface area contributed by atoms with Gasteiger partial charge in [0.25, 0.3) is 0 Å². The molecule has 0 unspecified atom stereocenters. The second-order valence-corrected chi connectivity index (χ2v) is 2.50. The van der Waals surface area contributed by atoms with Crippen molar-refractivity contribution in [2.75, 3.05) is 0 Å². The van der Waals surface area contributed by atoms with Gasteiger partial charge in [-0.2, -0.15) is 0 Å². The Labute approximate surface area is 60.5 Å². The molecular formula is C7H12N2O. The molecule has 1 aromatic heterocycles. The standard InChI is InChI=1S/C7H12N2O/c1-6(2)9-4-7-3-8-5-10-7/h3,5-6,9H,4H2,1-2H3. The van der Waals surface area contributed by atoms with Crippen molar-refractivity contribution in [3.05, 3.63) is 18.4 Å². The summed E-state index contributed by atoms with van der Waals surface area (Å²) >= 11 is 0. The number of hydrogen-bond acceptors (Lipinski definition) is 3. The van der Waals surface area contributed by atoms with Gasteiger partial charge in [0.1, 0.15) is 5.76 Å². The van der Waals surface area contributed by atoms with E-state index in [2.05, 4.69) is 24.1 Å². The molecule has 0 aromatic carbocycles. The van der Waals surface area contributed by atoms with E-state index in [1.807, 2.05) is 0 Å². The topological polar surface area (TPSA) is 38.1 Å². The highest BCUT2D eigenvalue weighted by atomic mass is 16.3. The quantitative estimate of drug-likeness (QED) is 0.685. The van der Waals surface area contributed by atoms with Crippen molar-refractivity contribution in [2.24, 2.45) is 0 Å². The minimum atomic E-state index is 0.491. The van der Waals surface area contributed by atoms with Crippen LogP contribution < -0.4 is 5.32 Å². The van der Waals surface area contributed by atoms with E-state index in [9.17, 15) is 0 Å². The van der Waals surface area contributed by atoms with Crippen LogP contribution in [0.3, 0.4) is 0 Å². The zero-order chi connectivity index (χ0) is 7.40. The summed E-state index contributed by atoms with van der Waals surface area (Å²) in [5.74, 6) is 0.883. The molecule has 10 heavy (non-hydrogen) atoms. The summed E-state index contributed by atoms with van der Waals surface area (Å²) in [6, 6.07) is 0.491. The van der Waals surface area contributed by atoms with Crippen molar-refractivity contribution in [1.29, 1.82) is 0 Å². The molecule has 0 aliphatic carbocycles. The molecule has 0 saturated heterocycles. The maximum atomic E-state index is 5.01. The van der Waals surface area contributed by atoms with E-state index < -0.39 is 0 Å². The maximum absolute atomic E-state index is 5.01. The van der Waals surface area contributed by atoms with E-state index in [4.69, 9.17) is 4.42 Å². The number of oxazole rings is 1. The molecule has 0 atom stereocenters. The highest BCUT2D eigenvalue weighted by molar-refractivity contribution is 4.87. The van der Waals surface area contributed by atoms with E-state index in [1.54, 1.807) is 6.20 Å². The van der Waals surface area contributed by atoms with Crippen LogP contribution in [-0.4, -0.2) is 11.0 Å². The van der Waals surface area contributed by atoms with Crippen molar-refractivity contribution < 1.29 is 4.42 Å². The lowest BCUT2D eigenvalue weighted by molar-refractivity contribution is 0.462.